The van der Waals surface area contributed by atoms with E-state index >= 15 is 0 Å². The second kappa shape index (κ2) is 12.5. The first-order valence-corrected chi connectivity index (χ1v) is 15.6. The van der Waals surface area contributed by atoms with Gasteiger partial charge in [-0.15, -0.1) is 11.3 Å². The Morgan fingerprint density at radius 2 is 1.82 bits per heavy atom. The molecular weight excluding hydrogens is 506 g/mol. The molecule has 4 aromatic rings. The van der Waals surface area contributed by atoms with Crippen LogP contribution in [0.4, 0.5) is 5.69 Å². The van der Waals surface area contributed by atoms with Gasteiger partial charge in [0, 0.05) is 30.5 Å². The molecule has 3 aromatic carbocycles. The van der Waals surface area contributed by atoms with E-state index < -0.39 is 0 Å². The number of piperidine rings is 1. The van der Waals surface area contributed by atoms with Crippen molar-refractivity contribution < 1.29 is 0 Å². The predicted octanol–water partition coefficient (Wildman–Crippen LogP) is 9.48. The number of para-hydroxylation sites is 1. The zero-order chi connectivity index (χ0) is 28.2. The molecule has 40 heavy (non-hydrogen) atoms. The molecule has 5 rings (SSSR count). The molecule has 0 aliphatic carbocycles. The predicted molar refractivity (Wildman–Crippen MR) is 176 cm³/mol. The van der Waals surface area contributed by atoms with Crippen molar-refractivity contribution in [3.05, 3.63) is 102 Å². The number of hydrogen-bond donors (Lipinski definition) is 0. The van der Waals surface area contributed by atoms with Gasteiger partial charge in [0.15, 0.2) is 0 Å². The molecule has 208 valence electrons. The Labute approximate surface area is 244 Å². The van der Waals surface area contributed by atoms with E-state index in [1.165, 1.54) is 56.1 Å². The number of nitrogens with zero attached hydrogens (tertiary/aromatic N) is 3. The average Bonchev–Trinajstić information content (AvgIpc) is 3.40. The zero-order valence-electron chi connectivity index (χ0n) is 24.7. The first kappa shape index (κ1) is 28.3. The number of rotatable bonds is 10. The first-order valence-electron chi connectivity index (χ1n) is 14.7. The van der Waals surface area contributed by atoms with Gasteiger partial charge >= 0.3 is 0 Å². The van der Waals surface area contributed by atoms with Crippen LogP contribution in [0.3, 0.4) is 0 Å². The van der Waals surface area contributed by atoms with Crippen molar-refractivity contribution in [1.29, 1.82) is 0 Å². The van der Waals surface area contributed by atoms with Gasteiger partial charge < -0.3 is 4.90 Å². The van der Waals surface area contributed by atoms with Crippen LogP contribution in [0.15, 0.2) is 79.5 Å². The molecule has 0 bridgehead atoms. The van der Waals surface area contributed by atoms with E-state index in [0.717, 1.165) is 55.7 Å². The molecule has 1 saturated heterocycles. The Balaban J connectivity index is 1.32. The number of benzene rings is 3. The van der Waals surface area contributed by atoms with Crippen LogP contribution in [0.25, 0.3) is 26.4 Å². The van der Waals surface area contributed by atoms with Gasteiger partial charge in [0.25, 0.3) is 0 Å². The van der Waals surface area contributed by atoms with E-state index in [0.29, 0.717) is 5.92 Å². The lowest BCUT2D eigenvalue weighted by atomic mass is 9.84. The Bertz CT molecular complexity index is 1470. The standard InChI is InChI=1S/C36H43N3S/c1-7-8-12-29-13-11-14-31(35(29)36-37-32-15-9-10-16-34(32)40-36)28-19-21-39(22-20-28)24-27(5)38(6)33-23-30(25(2)3)18-17-26(33)4/h9-11,13-18,23,28H,2,5,7-8,12,19-22,24H2,1,3-4,6H3. The highest BCUT2D eigenvalue weighted by Gasteiger charge is 2.26. The lowest BCUT2D eigenvalue weighted by Crippen LogP contribution is -2.37. The van der Waals surface area contributed by atoms with Crippen LogP contribution in [0.2, 0.25) is 0 Å². The molecule has 2 heterocycles. The number of fused-ring (bicyclic) bond motifs is 1. The smallest absolute Gasteiger partial charge is 0.125 e. The van der Waals surface area contributed by atoms with Crippen LogP contribution >= 0.6 is 11.3 Å². The summed E-state index contributed by atoms with van der Waals surface area (Å²) >= 11 is 1.85. The minimum absolute atomic E-state index is 0.556. The number of aryl methyl sites for hydroxylation is 2. The first-order chi connectivity index (χ1) is 19.4. The molecule has 0 unspecified atom stereocenters. The number of aromatic nitrogens is 1. The molecule has 1 aliphatic heterocycles. The normalized spacial score (nSPS) is 14.5. The van der Waals surface area contributed by atoms with E-state index in [9.17, 15) is 0 Å². The van der Waals surface area contributed by atoms with Crippen molar-refractivity contribution in [3.63, 3.8) is 0 Å². The molecule has 0 spiro atoms. The number of likely N-dealkylation sites (tertiary alicyclic amines) is 1. The molecule has 0 atom stereocenters. The second-order valence-electron chi connectivity index (χ2n) is 11.4. The summed E-state index contributed by atoms with van der Waals surface area (Å²) < 4.78 is 1.27. The molecule has 0 radical (unpaired) electrons. The van der Waals surface area contributed by atoms with Gasteiger partial charge in [0.05, 0.1) is 10.2 Å². The summed E-state index contributed by atoms with van der Waals surface area (Å²) in [7, 11) is 2.14. The molecular formula is C36H43N3S. The Morgan fingerprint density at radius 3 is 2.55 bits per heavy atom. The van der Waals surface area contributed by atoms with E-state index in [2.05, 4.69) is 111 Å². The number of hydrogen-bond acceptors (Lipinski definition) is 4. The second-order valence-corrected chi connectivity index (χ2v) is 12.5. The third-order valence-corrected chi connectivity index (χ3v) is 9.52. The highest BCUT2D eigenvalue weighted by molar-refractivity contribution is 7.21. The van der Waals surface area contributed by atoms with Crippen LogP contribution in [0, 0.1) is 6.92 Å². The lowest BCUT2D eigenvalue weighted by molar-refractivity contribution is 0.227. The molecule has 3 nitrogen and oxygen atoms in total. The van der Waals surface area contributed by atoms with Crippen LogP contribution in [-0.4, -0.2) is 36.6 Å². The van der Waals surface area contributed by atoms with Crippen LogP contribution in [0.1, 0.15) is 67.7 Å². The minimum atomic E-state index is 0.556. The van der Waals surface area contributed by atoms with E-state index in [1.807, 2.05) is 11.3 Å². The monoisotopic (exact) mass is 549 g/mol. The number of thiazole rings is 1. The zero-order valence-corrected chi connectivity index (χ0v) is 25.5. The Morgan fingerprint density at radius 1 is 1.05 bits per heavy atom. The van der Waals surface area contributed by atoms with Crippen LogP contribution in [-0.2, 0) is 6.42 Å². The van der Waals surface area contributed by atoms with Gasteiger partial charge in [-0.2, -0.15) is 0 Å². The van der Waals surface area contributed by atoms with E-state index in [1.54, 1.807) is 0 Å². The molecule has 1 aromatic heterocycles. The van der Waals surface area contributed by atoms with Gasteiger partial charge in [-0.25, -0.2) is 4.98 Å². The Hall–Kier alpha value is -3.21. The maximum Gasteiger partial charge on any atom is 0.125 e. The van der Waals surface area contributed by atoms with Gasteiger partial charge in [0.1, 0.15) is 5.01 Å². The highest BCUT2D eigenvalue weighted by atomic mass is 32.1. The number of allylic oxidation sites excluding steroid dienone is 1. The summed E-state index contributed by atoms with van der Waals surface area (Å²) in [6.07, 6.45) is 5.86. The van der Waals surface area contributed by atoms with Crippen molar-refractivity contribution in [2.45, 2.75) is 58.8 Å². The maximum atomic E-state index is 5.12. The van der Waals surface area contributed by atoms with Crippen molar-refractivity contribution in [2.75, 3.05) is 31.6 Å². The molecule has 0 amide bonds. The highest BCUT2D eigenvalue weighted by Crippen LogP contribution is 2.41. The fraction of sp³-hybridized carbons (Fsp3) is 0.361. The largest absolute Gasteiger partial charge is 0.347 e. The van der Waals surface area contributed by atoms with Crippen molar-refractivity contribution in [2.24, 2.45) is 0 Å². The quantitative estimate of drug-likeness (QED) is 0.196. The molecule has 4 heteroatoms. The summed E-state index contributed by atoms with van der Waals surface area (Å²) in [6, 6.07) is 22.1. The third kappa shape index (κ3) is 6.09. The van der Waals surface area contributed by atoms with Crippen molar-refractivity contribution in [3.8, 4) is 10.6 Å². The Kier molecular flexibility index (Phi) is 8.87. The summed E-state index contributed by atoms with van der Waals surface area (Å²) in [5.41, 5.74) is 11.4. The van der Waals surface area contributed by atoms with Crippen molar-refractivity contribution >= 4 is 32.8 Å². The number of likely N-dealkylation sites (N-methyl/N-ethyl adjacent to an activating group) is 1. The van der Waals surface area contributed by atoms with Crippen molar-refractivity contribution in [1.82, 2.24) is 9.88 Å². The summed E-state index contributed by atoms with van der Waals surface area (Å²) in [6.45, 7) is 18.2. The summed E-state index contributed by atoms with van der Waals surface area (Å²) in [4.78, 5) is 9.95. The fourth-order valence-electron chi connectivity index (χ4n) is 5.95. The van der Waals surface area contributed by atoms with Crippen LogP contribution in [0.5, 0.6) is 0 Å². The SMILES string of the molecule is C=C(C)c1ccc(C)c(N(C)C(=C)CN2CCC(c3cccc(CCCC)c3-c3nc4ccccc4s3)CC2)c1. The molecule has 0 saturated carbocycles. The summed E-state index contributed by atoms with van der Waals surface area (Å²) in [5.74, 6) is 0.556. The van der Waals surface area contributed by atoms with Gasteiger partial charge in [0.2, 0.25) is 0 Å². The average molecular weight is 550 g/mol. The minimum Gasteiger partial charge on any atom is -0.347 e. The van der Waals surface area contributed by atoms with Gasteiger partial charge in [-0.1, -0.05) is 74.5 Å². The fourth-order valence-corrected chi connectivity index (χ4v) is 7.02. The maximum absolute atomic E-state index is 5.12. The third-order valence-electron chi connectivity index (χ3n) is 8.46. The van der Waals surface area contributed by atoms with Crippen LogP contribution < -0.4 is 4.90 Å². The lowest BCUT2D eigenvalue weighted by Gasteiger charge is -2.35. The topological polar surface area (TPSA) is 19.4 Å². The number of anilines is 1. The summed E-state index contributed by atoms with van der Waals surface area (Å²) in [5, 5.41) is 1.19. The molecule has 0 N–H and O–H groups in total. The number of unbranched alkanes of at least 4 members (excludes halogenated alkanes) is 1. The molecule has 1 aliphatic rings. The molecule has 1 fully saturated rings. The van der Waals surface area contributed by atoms with Gasteiger partial charge in [-0.05, 0) is 99.0 Å². The van der Waals surface area contributed by atoms with E-state index in [4.69, 9.17) is 4.98 Å². The van der Waals surface area contributed by atoms with E-state index in [-0.39, 0.29) is 0 Å². The van der Waals surface area contributed by atoms with Gasteiger partial charge in [-0.3, -0.25) is 4.90 Å².